The Morgan fingerprint density at radius 1 is 1.11 bits per heavy atom. The van der Waals surface area contributed by atoms with E-state index in [9.17, 15) is 4.79 Å². The number of amides is 1. The van der Waals surface area contributed by atoms with Crippen molar-refractivity contribution < 1.29 is 4.79 Å². The zero-order chi connectivity index (χ0) is 13.7. The Labute approximate surface area is 125 Å². The van der Waals surface area contributed by atoms with Gasteiger partial charge in [-0.05, 0) is 35.4 Å². The molecule has 2 aromatic carbocycles. The number of halogens is 2. The maximum atomic E-state index is 11.8. The molecule has 4 heteroatoms. The fourth-order valence-corrected chi connectivity index (χ4v) is 2.27. The normalized spacial score (nSPS) is 10.2. The van der Waals surface area contributed by atoms with Gasteiger partial charge in [0, 0.05) is 16.0 Å². The lowest BCUT2D eigenvalue weighted by atomic mass is 10.1. The van der Waals surface area contributed by atoms with Crippen LogP contribution in [0.25, 0.3) is 0 Å². The number of hydrogen-bond donors (Lipinski definition) is 1. The standard InChI is InChI=1S/C15H13BrClNO/c16-13-3-1-2-12(8-13)10-18-15(19)9-11-4-6-14(17)7-5-11/h1-8H,9-10H2,(H,18,19). The highest BCUT2D eigenvalue weighted by Gasteiger charge is 2.03. The van der Waals surface area contributed by atoms with Crippen LogP contribution in [0.3, 0.4) is 0 Å². The van der Waals surface area contributed by atoms with Gasteiger partial charge >= 0.3 is 0 Å². The van der Waals surface area contributed by atoms with Gasteiger partial charge in [-0.3, -0.25) is 4.79 Å². The van der Waals surface area contributed by atoms with E-state index in [4.69, 9.17) is 11.6 Å². The number of rotatable bonds is 4. The highest BCUT2D eigenvalue weighted by Crippen LogP contribution is 2.12. The number of benzene rings is 2. The summed E-state index contributed by atoms with van der Waals surface area (Å²) in [5.41, 5.74) is 2.02. The molecule has 0 atom stereocenters. The first-order valence-corrected chi connectivity index (χ1v) is 7.06. The van der Waals surface area contributed by atoms with Gasteiger partial charge in [0.25, 0.3) is 0 Å². The van der Waals surface area contributed by atoms with Gasteiger partial charge in [0.1, 0.15) is 0 Å². The van der Waals surface area contributed by atoms with Crippen molar-refractivity contribution >= 4 is 33.4 Å². The number of carbonyl (C=O) groups excluding carboxylic acids is 1. The molecule has 0 saturated heterocycles. The molecular weight excluding hydrogens is 326 g/mol. The summed E-state index contributed by atoms with van der Waals surface area (Å²) in [5.74, 6) is 0.00213. The molecule has 0 aliphatic heterocycles. The Morgan fingerprint density at radius 2 is 1.84 bits per heavy atom. The molecule has 0 heterocycles. The van der Waals surface area contributed by atoms with Crippen LogP contribution in [0.4, 0.5) is 0 Å². The van der Waals surface area contributed by atoms with Crippen molar-refractivity contribution in [3.8, 4) is 0 Å². The van der Waals surface area contributed by atoms with Crippen LogP contribution in [0.2, 0.25) is 5.02 Å². The zero-order valence-electron chi connectivity index (χ0n) is 10.2. The van der Waals surface area contributed by atoms with E-state index in [1.165, 1.54) is 0 Å². The first-order chi connectivity index (χ1) is 9.13. The second kappa shape index (κ2) is 6.73. The van der Waals surface area contributed by atoms with Gasteiger partial charge in [0.2, 0.25) is 5.91 Å². The molecule has 98 valence electrons. The van der Waals surface area contributed by atoms with Crippen molar-refractivity contribution in [3.05, 3.63) is 69.2 Å². The van der Waals surface area contributed by atoms with Crippen LogP contribution in [0.1, 0.15) is 11.1 Å². The molecule has 2 nitrogen and oxygen atoms in total. The molecule has 0 aliphatic rings. The summed E-state index contributed by atoms with van der Waals surface area (Å²) >= 11 is 9.20. The molecule has 0 unspecified atom stereocenters. The molecule has 0 aliphatic carbocycles. The van der Waals surface area contributed by atoms with Crippen molar-refractivity contribution in [1.29, 1.82) is 0 Å². The SMILES string of the molecule is O=C(Cc1ccc(Cl)cc1)NCc1cccc(Br)c1. The number of nitrogens with one attached hydrogen (secondary N) is 1. The molecule has 1 amide bonds. The van der Waals surface area contributed by atoms with Crippen molar-refractivity contribution in [2.24, 2.45) is 0 Å². The molecule has 0 aromatic heterocycles. The Bertz CT molecular complexity index is 569. The predicted molar refractivity (Wildman–Crippen MR) is 81.1 cm³/mol. The molecule has 2 aromatic rings. The summed E-state index contributed by atoms with van der Waals surface area (Å²) in [6.07, 6.45) is 0.366. The van der Waals surface area contributed by atoms with Crippen LogP contribution in [0.5, 0.6) is 0 Å². The fraction of sp³-hybridized carbons (Fsp3) is 0.133. The lowest BCUT2D eigenvalue weighted by molar-refractivity contribution is -0.120. The fourth-order valence-electron chi connectivity index (χ4n) is 1.70. The molecule has 0 radical (unpaired) electrons. The second-order valence-corrected chi connectivity index (χ2v) is 5.56. The van der Waals surface area contributed by atoms with Crippen LogP contribution < -0.4 is 5.32 Å². The van der Waals surface area contributed by atoms with Crippen LogP contribution >= 0.6 is 27.5 Å². The van der Waals surface area contributed by atoms with Gasteiger partial charge in [0.15, 0.2) is 0 Å². The van der Waals surface area contributed by atoms with Crippen LogP contribution in [-0.2, 0) is 17.8 Å². The molecular formula is C15H13BrClNO. The minimum Gasteiger partial charge on any atom is -0.352 e. The van der Waals surface area contributed by atoms with Crippen LogP contribution in [-0.4, -0.2) is 5.91 Å². The van der Waals surface area contributed by atoms with Crippen LogP contribution in [0, 0.1) is 0 Å². The zero-order valence-corrected chi connectivity index (χ0v) is 12.5. The maximum absolute atomic E-state index is 11.8. The largest absolute Gasteiger partial charge is 0.352 e. The van der Waals surface area contributed by atoms with E-state index >= 15 is 0 Å². The summed E-state index contributed by atoms with van der Waals surface area (Å²) in [7, 11) is 0. The number of carbonyl (C=O) groups is 1. The van der Waals surface area contributed by atoms with Gasteiger partial charge in [-0.2, -0.15) is 0 Å². The van der Waals surface area contributed by atoms with E-state index in [0.29, 0.717) is 18.0 Å². The Balaban J connectivity index is 1.86. The van der Waals surface area contributed by atoms with Crippen molar-refractivity contribution in [2.45, 2.75) is 13.0 Å². The third-order valence-corrected chi connectivity index (χ3v) is 3.40. The van der Waals surface area contributed by atoms with E-state index in [0.717, 1.165) is 15.6 Å². The van der Waals surface area contributed by atoms with Crippen molar-refractivity contribution in [1.82, 2.24) is 5.32 Å². The van der Waals surface area contributed by atoms with Crippen molar-refractivity contribution in [3.63, 3.8) is 0 Å². The topological polar surface area (TPSA) is 29.1 Å². The molecule has 0 spiro atoms. The highest BCUT2D eigenvalue weighted by molar-refractivity contribution is 9.10. The minimum atomic E-state index is 0.00213. The second-order valence-electron chi connectivity index (χ2n) is 4.21. The lowest BCUT2D eigenvalue weighted by Gasteiger charge is -2.06. The third kappa shape index (κ3) is 4.69. The summed E-state index contributed by atoms with van der Waals surface area (Å²) in [5, 5.41) is 3.58. The molecule has 0 fully saturated rings. The first-order valence-electron chi connectivity index (χ1n) is 5.89. The average molecular weight is 339 g/mol. The van der Waals surface area contributed by atoms with Gasteiger partial charge in [0.05, 0.1) is 6.42 Å². The molecule has 0 saturated carbocycles. The molecule has 2 rings (SSSR count). The highest BCUT2D eigenvalue weighted by atomic mass is 79.9. The molecule has 1 N–H and O–H groups in total. The van der Waals surface area contributed by atoms with E-state index < -0.39 is 0 Å². The van der Waals surface area contributed by atoms with Gasteiger partial charge < -0.3 is 5.32 Å². The van der Waals surface area contributed by atoms with E-state index in [2.05, 4.69) is 21.2 Å². The van der Waals surface area contributed by atoms with Gasteiger partial charge in [-0.25, -0.2) is 0 Å². The Morgan fingerprint density at radius 3 is 2.53 bits per heavy atom. The Hall–Kier alpha value is -1.32. The minimum absolute atomic E-state index is 0.00213. The van der Waals surface area contributed by atoms with Crippen molar-refractivity contribution in [2.75, 3.05) is 0 Å². The van der Waals surface area contributed by atoms with Gasteiger partial charge in [-0.15, -0.1) is 0 Å². The third-order valence-electron chi connectivity index (χ3n) is 2.66. The quantitative estimate of drug-likeness (QED) is 0.898. The Kier molecular flexibility index (Phi) is 5.00. The van der Waals surface area contributed by atoms with E-state index in [1.54, 1.807) is 12.1 Å². The summed E-state index contributed by atoms with van der Waals surface area (Å²) < 4.78 is 1.01. The summed E-state index contributed by atoms with van der Waals surface area (Å²) in [6, 6.07) is 15.2. The summed E-state index contributed by atoms with van der Waals surface area (Å²) in [4.78, 5) is 11.8. The first kappa shape index (κ1) is 14.1. The molecule has 0 bridgehead atoms. The monoisotopic (exact) mass is 337 g/mol. The van der Waals surface area contributed by atoms with Crippen LogP contribution in [0.15, 0.2) is 53.0 Å². The maximum Gasteiger partial charge on any atom is 0.224 e. The lowest BCUT2D eigenvalue weighted by Crippen LogP contribution is -2.24. The molecule has 19 heavy (non-hydrogen) atoms. The van der Waals surface area contributed by atoms with Gasteiger partial charge in [-0.1, -0.05) is 51.8 Å². The van der Waals surface area contributed by atoms with E-state index in [1.807, 2.05) is 36.4 Å². The van der Waals surface area contributed by atoms with E-state index in [-0.39, 0.29) is 5.91 Å². The number of hydrogen-bond acceptors (Lipinski definition) is 1. The predicted octanol–water partition coefficient (Wildman–Crippen LogP) is 3.96. The summed E-state index contributed by atoms with van der Waals surface area (Å²) in [6.45, 7) is 0.534. The smallest absolute Gasteiger partial charge is 0.224 e. The average Bonchev–Trinajstić information content (AvgIpc) is 2.39.